The van der Waals surface area contributed by atoms with Gasteiger partial charge in [0.25, 0.3) is 5.82 Å². The van der Waals surface area contributed by atoms with Crippen LogP contribution in [0.4, 0.5) is 0 Å². The summed E-state index contributed by atoms with van der Waals surface area (Å²) in [5.41, 5.74) is 3.04. The van der Waals surface area contributed by atoms with Gasteiger partial charge in [0.2, 0.25) is 5.78 Å². The monoisotopic (exact) mass is 415 g/mol. The van der Waals surface area contributed by atoms with E-state index in [-0.39, 0.29) is 5.78 Å². The highest BCUT2D eigenvalue weighted by atomic mass is 79.9. The summed E-state index contributed by atoms with van der Waals surface area (Å²) >= 11 is 9.40. The van der Waals surface area contributed by atoms with Crippen LogP contribution < -0.4 is 4.57 Å². The summed E-state index contributed by atoms with van der Waals surface area (Å²) in [6.45, 7) is 1.36. The van der Waals surface area contributed by atoms with Gasteiger partial charge in [-0.15, -0.1) is 0 Å². The zero-order valence-corrected chi connectivity index (χ0v) is 15.9. The van der Waals surface area contributed by atoms with Crippen LogP contribution in [0.3, 0.4) is 0 Å². The molecule has 25 heavy (non-hydrogen) atoms. The molecule has 2 heterocycles. The predicted molar refractivity (Wildman–Crippen MR) is 102 cm³/mol. The highest BCUT2D eigenvalue weighted by Gasteiger charge is 2.29. The molecular weight excluding hydrogens is 400 g/mol. The number of Topliss-reactive ketones (excluding diaryl/α,β-unsaturated/α-hetero) is 1. The molecule has 0 radical (unpaired) electrons. The average Bonchev–Trinajstić information content (AvgIpc) is 3.20. The van der Waals surface area contributed by atoms with Crippen molar-refractivity contribution in [3.8, 4) is 11.3 Å². The van der Waals surface area contributed by atoms with E-state index in [1.54, 1.807) is 24.3 Å². The number of hydrogen-bond acceptors (Lipinski definition) is 1. The number of aromatic nitrogens is 2. The Balaban J connectivity index is 1.66. The predicted octanol–water partition coefficient (Wildman–Crippen LogP) is 4.69. The third kappa shape index (κ3) is 3.29. The summed E-state index contributed by atoms with van der Waals surface area (Å²) in [5.74, 6) is 1.32. The molecule has 0 unspecified atom stereocenters. The minimum Gasteiger partial charge on any atom is -0.290 e. The first-order valence-corrected chi connectivity index (χ1v) is 9.45. The van der Waals surface area contributed by atoms with Crippen molar-refractivity contribution in [2.75, 3.05) is 0 Å². The molecule has 2 aromatic carbocycles. The van der Waals surface area contributed by atoms with Gasteiger partial charge in [-0.3, -0.25) is 4.79 Å². The molecule has 0 bridgehead atoms. The summed E-state index contributed by atoms with van der Waals surface area (Å²) in [5, 5.41) is 0.645. The summed E-state index contributed by atoms with van der Waals surface area (Å²) in [6.07, 6.45) is 4.23. The Morgan fingerprint density at radius 1 is 1.12 bits per heavy atom. The van der Waals surface area contributed by atoms with E-state index in [2.05, 4.69) is 43.4 Å². The highest BCUT2D eigenvalue weighted by molar-refractivity contribution is 9.10. The molecule has 126 valence electrons. The number of halogens is 2. The SMILES string of the molecule is O=C(C[n+]1cc(-c2ccc(Br)cc2)n2c1CCC2)c1ccc(Cl)cc1. The second-order valence-corrected chi connectivity index (χ2v) is 7.60. The van der Waals surface area contributed by atoms with Crippen molar-refractivity contribution in [1.82, 2.24) is 4.57 Å². The first-order chi connectivity index (χ1) is 12.1. The zero-order valence-electron chi connectivity index (χ0n) is 13.6. The van der Waals surface area contributed by atoms with Crippen LogP contribution in [0.25, 0.3) is 11.3 Å². The Hall–Kier alpha value is -1.91. The van der Waals surface area contributed by atoms with E-state index >= 15 is 0 Å². The summed E-state index contributed by atoms with van der Waals surface area (Å²) in [7, 11) is 0. The molecule has 1 aliphatic rings. The van der Waals surface area contributed by atoms with E-state index in [4.69, 9.17) is 11.6 Å². The van der Waals surface area contributed by atoms with Crippen LogP contribution in [-0.2, 0) is 19.5 Å². The summed E-state index contributed by atoms with van der Waals surface area (Å²) in [6, 6.07) is 15.4. The molecule has 1 aromatic heterocycles. The van der Waals surface area contributed by atoms with E-state index in [0.29, 0.717) is 17.1 Å². The molecule has 0 atom stereocenters. The van der Waals surface area contributed by atoms with Gasteiger partial charge in [0.1, 0.15) is 6.20 Å². The van der Waals surface area contributed by atoms with Crippen molar-refractivity contribution >= 4 is 33.3 Å². The molecular formula is C20H17BrClN2O+. The first kappa shape index (κ1) is 16.6. The highest BCUT2D eigenvalue weighted by Crippen LogP contribution is 2.26. The van der Waals surface area contributed by atoms with Gasteiger partial charge in [-0.05, 0) is 55.0 Å². The Kier molecular flexibility index (Phi) is 4.48. The number of nitrogens with zero attached hydrogens (tertiary/aromatic N) is 2. The molecule has 0 spiro atoms. The van der Waals surface area contributed by atoms with Gasteiger partial charge in [-0.1, -0.05) is 27.5 Å². The number of carbonyl (C=O) groups excluding carboxylic acids is 1. The molecule has 0 fully saturated rings. The second kappa shape index (κ2) is 6.77. The topological polar surface area (TPSA) is 25.9 Å². The number of hydrogen-bond donors (Lipinski definition) is 0. The Bertz CT molecular complexity index is 930. The maximum atomic E-state index is 12.6. The van der Waals surface area contributed by atoms with Crippen molar-refractivity contribution in [1.29, 1.82) is 0 Å². The largest absolute Gasteiger partial charge is 0.290 e. The standard InChI is InChI=1S/C20H17BrClN2O/c21-16-7-3-14(4-8-16)18-12-23(20-2-1-11-24(18)20)13-19(25)15-5-9-17(22)10-6-15/h3-10,12H,1-2,11,13H2/q+1. The molecule has 5 heteroatoms. The van der Waals surface area contributed by atoms with Gasteiger partial charge in [0.05, 0.1) is 13.0 Å². The number of benzene rings is 2. The van der Waals surface area contributed by atoms with Crippen molar-refractivity contribution < 1.29 is 9.36 Å². The van der Waals surface area contributed by atoms with E-state index < -0.39 is 0 Å². The van der Waals surface area contributed by atoms with Crippen LogP contribution in [0.15, 0.2) is 59.2 Å². The number of imidazole rings is 1. The number of ketones is 1. The fourth-order valence-electron chi connectivity index (χ4n) is 3.38. The molecule has 3 aromatic rings. The normalized spacial score (nSPS) is 13.0. The molecule has 0 aliphatic carbocycles. The van der Waals surface area contributed by atoms with Crippen molar-refractivity contribution in [3.05, 3.63) is 75.6 Å². The lowest BCUT2D eigenvalue weighted by Gasteiger charge is -2.00. The minimum atomic E-state index is 0.101. The minimum absolute atomic E-state index is 0.101. The molecule has 0 N–H and O–H groups in total. The molecule has 3 nitrogen and oxygen atoms in total. The Morgan fingerprint density at radius 2 is 1.84 bits per heavy atom. The summed E-state index contributed by atoms with van der Waals surface area (Å²) < 4.78 is 5.50. The van der Waals surface area contributed by atoms with E-state index in [9.17, 15) is 4.79 Å². The van der Waals surface area contributed by atoms with Crippen LogP contribution in [-0.4, -0.2) is 10.4 Å². The molecule has 4 rings (SSSR count). The molecule has 0 amide bonds. The third-order valence-electron chi connectivity index (χ3n) is 4.61. The first-order valence-electron chi connectivity index (χ1n) is 8.28. The lowest BCUT2D eigenvalue weighted by molar-refractivity contribution is -0.689. The molecule has 0 saturated carbocycles. The lowest BCUT2D eigenvalue weighted by Crippen LogP contribution is -2.40. The van der Waals surface area contributed by atoms with Crippen LogP contribution >= 0.6 is 27.5 Å². The van der Waals surface area contributed by atoms with Crippen molar-refractivity contribution in [3.63, 3.8) is 0 Å². The van der Waals surface area contributed by atoms with Gasteiger partial charge in [-0.25, -0.2) is 9.13 Å². The number of carbonyl (C=O) groups is 1. The van der Waals surface area contributed by atoms with Crippen LogP contribution in [0.5, 0.6) is 0 Å². The van der Waals surface area contributed by atoms with E-state index in [1.807, 2.05) is 12.1 Å². The number of rotatable bonds is 4. The maximum Gasteiger partial charge on any atom is 0.257 e. The van der Waals surface area contributed by atoms with Gasteiger partial charge < -0.3 is 0 Å². The van der Waals surface area contributed by atoms with Crippen LogP contribution in [0.1, 0.15) is 22.6 Å². The van der Waals surface area contributed by atoms with Gasteiger partial charge in [0, 0.05) is 20.6 Å². The van der Waals surface area contributed by atoms with Gasteiger partial charge in [0.15, 0.2) is 12.2 Å². The zero-order chi connectivity index (χ0) is 17.4. The average molecular weight is 417 g/mol. The van der Waals surface area contributed by atoms with E-state index in [0.717, 1.165) is 23.9 Å². The van der Waals surface area contributed by atoms with Crippen molar-refractivity contribution in [2.45, 2.75) is 25.9 Å². The number of fused-ring (bicyclic) bond motifs is 1. The molecule has 0 saturated heterocycles. The van der Waals surface area contributed by atoms with Crippen molar-refractivity contribution in [2.24, 2.45) is 0 Å². The van der Waals surface area contributed by atoms with Gasteiger partial charge >= 0.3 is 0 Å². The third-order valence-corrected chi connectivity index (χ3v) is 5.39. The Labute approximate surface area is 160 Å². The van der Waals surface area contributed by atoms with Crippen LogP contribution in [0.2, 0.25) is 5.02 Å². The van der Waals surface area contributed by atoms with E-state index in [1.165, 1.54) is 17.1 Å². The fraction of sp³-hybridized carbons (Fsp3) is 0.200. The second-order valence-electron chi connectivity index (χ2n) is 6.25. The smallest absolute Gasteiger partial charge is 0.257 e. The fourth-order valence-corrected chi connectivity index (χ4v) is 3.77. The molecule has 1 aliphatic heterocycles. The lowest BCUT2D eigenvalue weighted by atomic mass is 10.1. The quantitative estimate of drug-likeness (QED) is 0.448. The van der Waals surface area contributed by atoms with Crippen LogP contribution in [0, 0.1) is 0 Å². The van der Waals surface area contributed by atoms with Gasteiger partial charge in [-0.2, -0.15) is 0 Å². The maximum absolute atomic E-state index is 12.6. The Morgan fingerprint density at radius 3 is 2.56 bits per heavy atom. The summed E-state index contributed by atoms with van der Waals surface area (Å²) in [4.78, 5) is 12.6.